The molecule has 104 valence electrons. The molecule has 1 aliphatic heterocycles. The van der Waals surface area contributed by atoms with E-state index in [9.17, 15) is 4.79 Å². The topological polar surface area (TPSA) is 66.2 Å². The van der Waals surface area contributed by atoms with Gasteiger partial charge in [-0.05, 0) is 25.0 Å². The predicted molar refractivity (Wildman–Crippen MR) is 71.9 cm³/mol. The van der Waals surface area contributed by atoms with E-state index in [0.29, 0.717) is 24.5 Å². The minimum absolute atomic E-state index is 0.0395. The van der Waals surface area contributed by atoms with Crippen LogP contribution in [-0.2, 0) is 4.79 Å². The number of carbonyl (C=O) groups is 1. The van der Waals surface area contributed by atoms with Gasteiger partial charge in [-0.2, -0.15) is 5.26 Å². The van der Waals surface area contributed by atoms with Crippen molar-refractivity contribution in [2.75, 3.05) is 13.1 Å². The maximum Gasteiger partial charge on any atom is 0.232 e. The summed E-state index contributed by atoms with van der Waals surface area (Å²) in [6, 6.07) is 5.45. The number of hydrogen-bond donors (Lipinski definition) is 0. The zero-order chi connectivity index (χ0) is 13.9. The highest BCUT2D eigenvalue weighted by atomic mass is 16.5. The molecule has 1 aromatic heterocycles. The third-order valence-corrected chi connectivity index (χ3v) is 4.03. The summed E-state index contributed by atoms with van der Waals surface area (Å²) in [5.41, 5.74) is 0.438. The van der Waals surface area contributed by atoms with Crippen LogP contribution >= 0.6 is 0 Å². The highest BCUT2D eigenvalue weighted by Gasteiger charge is 2.37. The number of hydrogen-bond acceptors (Lipinski definition) is 4. The average molecular weight is 271 g/mol. The van der Waals surface area contributed by atoms with Crippen LogP contribution in [0.5, 0.6) is 5.88 Å². The van der Waals surface area contributed by atoms with E-state index in [1.807, 2.05) is 4.90 Å². The van der Waals surface area contributed by atoms with Crippen LogP contribution in [-0.4, -0.2) is 35.0 Å². The van der Waals surface area contributed by atoms with Gasteiger partial charge in [0.15, 0.2) is 0 Å². The van der Waals surface area contributed by atoms with Gasteiger partial charge in [0, 0.05) is 12.1 Å². The molecule has 20 heavy (non-hydrogen) atoms. The molecule has 0 bridgehead atoms. The molecular formula is C15H17N3O2. The molecule has 2 aliphatic rings. The molecule has 1 aromatic rings. The zero-order valence-electron chi connectivity index (χ0n) is 11.3. The molecule has 1 aliphatic carbocycles. The third kappa shape index (κ3) is 2.46. The second-order valence-corrected chi connectivity index (χ2v) is 5.43. The van der Waals surface area contributed by atoms with Crippen molar-refractivity contribution in [3.8, 4) is 11.9 Å². The average Bonchev–Trinajstić information content (AvgIpc) is 2.96. The Morgan fingerprint density at radius 3 is 2.85 bits per heavy atom. The summed E-state index contributed by atoms with van der Waals surface area (Å²) in [6.45, 7) is 1.22. The highest BCUT2D eigenvalue weighted by Crippen LogP contribution is 2.29. The first-order valence-electron chi connectivity index (χ1n) is 7.08. The first-order chi connectivity index (χ1) is 9.78. The molecule has 0 radical (unpaired) electrons. The molecular weight excluding hydrogens is 254 g/mol. The van der Waals surface area contributed by atoms with Crippen LogP contribution in [0.1, 0.15) is 31.2 Å². The van der Waals surface area contributed by atoms with Gasteiger partial charge in [-0.25, -0.2) is 4.98 Å². The van der Waals surface area contributed by atoms with E-state index in [2.05, 4.69) is 11.1 Å². The van der Waals surface area contributed by atoms with Crippen molar-refractivity contribution in [3.05, 3.63) is 23.9 Å². The molecule has 0 unspecified atom stereocenters. The predicted octanol–water partition coefficient (Wildman–Crippen LogP) is 1.73. The van der Waals surface area contributed by atoms with E-state index in [-0.39, 0.29) is 17.9 Å². The first kappa shape index (κ1) is 12.9. The van der Waals surface area contributed by atoms with Gasteiger partial charge < -0.3 is 9.64 Å². The summed E-state index contributed by atoms with van der Waals surface area (Å²) in [4.78, 5) is 18.1. The van der Waals surface area contributed by atoms with Crippen molar-refractivity contribution in [3.63, 3.8) is 0 Å². The SMILES string of the molecule is N#Cc1cccnc1OC1CN(C(=O)C2CCCC2)C1. The second kappa shape index (κ2) is 5.49. The number of nitrogens with zero attached hydrogens (tertiary/aromatic N) is 3. The molecule has 1 amide bonds. The Morgan fingerprint density at radius 2 is 2.15 bits per heavy atom. The Hall–Kier alpha value is -2.09. The fourth-order valence-electron chi connectivity index (χ4n) is 2.85. The number of aromatic nitrogens is 1. The van der Waals surface area contributed by atoms with Crippen molar-refractivity contribution in [1.82, 2.24) is 9.88 Å². The normalized spacial score (nSPS) is 19.4. The lowest BCUT2D eigenvalue weighted by atomic mass is 10.0. The largest absolute Gasteiger partial charge is 0.470 e. The van der Waals surface area contributed by atoms with Crippen molar-refractivity contribution >= 4 is 5.91 Å². The third-order valence-electron chi connectivity index (χ3n) is 4.03. The Labute approximate surface area is 118 Å². The molecule has 5 heteroatoms. The Bertz CT molecular complexity index is 540. The van der Waals surface area contributed by atoms with E-state index in [1.165, 1.54) is 12.8 Å². The van der Waals surface area contributed by atoms with Crippen LogP contribution in [0.25, 0.3) is 0 Å². The van der Waals surface area contributed by atoms with Crippen molar-refractivity contribution in [2.45, 2.75) is 31.8 Å². The molecule has 3 rings (SSSR count). The number of rotatable bonds is 3. The summed E-state index contributed by atoms with van der Waals surface area (Å²) in [5, 5.41) is 8.97. The molecule has 2 heterocycles. The summed E-state index contributed by atoms with van der Waals surface area (Å²) in [5.74, 6) is 0.859. The van der Waals surface area contributed by atoms with Gasteiger partial charge in [-0.1, -0.05) is 12.8 Å². The monoisotopic (exact) mass is 271 g/mol. The molecule has 0 atom stereocenters. The van der Waals surface area contributed by atoms with Crippen LogP contribution in [0.3, 0.4) is 0 Å². The van der Waals surface area contributed by atoms with Crippen LogP contribution in [0.15, 0.2) is 18.3 Å². The standard InChI is InChI=1S/C15H17N3O2/c16-8-12-6-3-7-17-14(12)20-13-9-18(10-13)15(19)11-4-1-2-5-11/h3,6-7,11,13H,1-2,4-5,9-10H2. The van der Waals surface area contributed by atoms with Crippen LogP contribution in [0.2, 0.25) is 0 Å². The van der Waals surface area contributed by atoms with Gasteiger partial charge in [0.25, 0.3) is 0 Å². The van der Waals surface area contributed by atoms with Crippen LogP contribution in [0.4, 0.5) is 0 Å². The van der Waals surface area contributed by atoms with Crippen molar-refractivity contribution < 1.29 is 9.53 Å². The van der Waals surface area contributed by atoms with E-state index in [1.54, 1.807) is 18.3 Å². The van der Waals surface area contributed by atoms with E-state index < -0.39 is 0 Å². The lowest BCUT2D eigenvalue weighted by Gasteiger charge is -2.40. The maximum absolute atomic E-state index is 12.2. The molecule has 1 saturated carbocycles. The summed E-state index contributed by atoms with van der Waals surface area (Å²) in [6.07, 6.45) is 5.96. The van der Waals surface area contributed by atoms with Gasteiger partial charge in [0.2, 0.25) is 11.8 Å². The van der Waals surface area contributed by atoms with Crippen molar-refractivity contribution in [1.29, 1.82) is 5.26 Å². The van der Waals surface area contributed by atoms with Gasteiger partial charge in [0.1, 0.15) is 17.7 Å². The number of pyridine rings is 1. The Kier molecular flexibility index (Phi) is 3.55. The fourth-order valence-corrected chi connectivity index (χ4v) is 2.85. The molecule has 1 saturated heterocycles. The molecule has 0 spiro atoms. The lowest BCUT2D eigenvalue weighted by Crippen LogP contribution is -2.57. The number of likely N-dealkylation sites (tertiary alicyclic amines) is 1. The number of ether oxygens (including phenoxy) is 1. The number of carbonyl (C=O) groups excluding carboxylic acids is 1. The summed E-state index contributed by atoms with van der Waals surface area (Å²) >= 11 is 0. The van der Waals surface area contributed by atoms with E-state index >= 15 is 0 Å². The molecule has 0 N–H and O–H groups in total. The minimum atomic E-state index is -0.0395. The van der Waals surface area contributed by atoms with Gasteiger partial charge >= 0.3 is 0 Å². The fraction of sp³-hybridized carbons (Fsp3) is 0.533. The summed E-state index contributed by atoms with van der Waals surface area (Å²) < 4.78 is 5.69. The van der Waals surface area contributed by atoms with Gasteiger partial charge in [0.05, 0.1) is 13.1 Å². The van der Waals surface area contributed by atoms with Crippen LogP contribution < -0.4 is 4.74 Å². The highest BCUT2D eigenvalue weighted by molar-refractivity contribution is 5.80. The van der Waals surface area contributed by atoms with E-state index in [0.717, 1.165) is 12.8 Å². The maximum atomic E-state index is 12.2. The van der Waals surface area contributed by atoms with E-state index in [4.69, 9.17) is 10.00 Å². The minimum Gasteiger partial charge on any atom is -0.470 e. The molecule has 2 fully saturated rings. The molecule has 0 aromatic carbocycles. The first-order valence-corrected chi connectivity index (χ1v) is 7.08. The Morgan fingerprint density at radius 1 is 1.40 bits per heavy atom. The number of nitriles is 1. The Balaban J connectivity index is 1.53. The second-order valence-electron chi connectivity index (χ2n) is 5.43. The van der Waals surface area contributed by atoms with Crippen molar-refractivity contribution in [2.24, 2.45) is 5.92 Å². The molecule has 5 nitrogen and oxygen atoms in total. The lowest BCUT2D eigenvalue weighted by molar-refractivity contribution is -0.144. The zero-order valence-corrected chi connectivity index (χ0v) is 11.3. The smallest absolute Gasteiger partial charge is 0.232 e. The van der Waals surface area contributed by atoms with Crippen LogP contribution in [0, 0.1) is 17.2 Å². The summed E-state index contributed by atoms with van der Waals surface area (Å²) in [7, 11) is 0. The van der Waals surface area contributed by atoms with Gasteiger partial charge in [-0.3, -0.25) is 4.79 Å². The number of amides is 1. The van der Waals surface area contributed by atoms with Gasteiger partial charge in [-0.15, -0.1) is 0 Å². The quantitative estimate of drug-likeness (QED) is 0.839.